The molecule has 0 aromatic heterocycles. The molecule has 1 atom stereocenters. The Morgan fingerprint density at radius 1 is 1.37 bits per heavy atom. The number of carboxylic acid groups (broad SMARTS) is 1. The van der Waals surface area contributed by atoms with Gasteiger partial charge in [-0.2, -0.15) is 0 Å². The highest BCUT2D eigenvalue weighted by Gasteiger charge is 2.13. The fourth-order valence-electron chi connectivity index (χ4n) is 1.57. The standard InChI is InChI=1S/C14H19NO4/c1-3-11-6-4-5-7-12(11)19-9-8-13(16)15-10(2)14(17)18/h4-7,10H,3,8-9H2,1-2H3,(H,15,16)(H,17,18). The number of carboxylic acids is 1. The maximum absolute atomic E-state index is 11.4. The van der Waals surface area contributed by atoms with Crippen LogP contribution >= 0.6 is 0 Å². The first-order valence-electron chi connectivity index (χ1n) is 6.27. The van der Waals surface area contributed by atoms with E-state index in [4.69, 9.17) is 9.84 Å². The van der Waals surface area contributed by atoms with Crippen LogP contribution in [0.3, 0.4) is 0 Å². The minimum Gasteiger partial charge on any atom is -0.493 e. The van der Waals surface area contributed by atoms with Gasteiger partial charge in [-0.15, -0.1) is 0 Å². The normalized spacial score (nSPS) is 11.7. The average Bonchev–Trinajstić information content (AvgIpc) is 2.39. The molecule has 5 heteroatoms. The van der Waals surface area contributed by atoms with Gasteiger partial charge in [-0.25, -0.2) is 0 Å². The Morgan fingerprint density at radius 2 is 2.05 bits per heavy atom. The number of aliphatic carboxylic acids is 1. The molecular weight excluding hydrogens is 246 g/mol. The fraction of sp³-hybridized carbons (Fsp3) is 0.429. The van der Waals surface area contributed by atoms with Crippen LogP contribution < -0.4 is 10.1 Å². The Kier molecular flexibility index (Phi) is 5.85. The molecule has 5 nitrogen and oxygen atoms in total. The number of carbonyl (C=O) groups is 2. The van der Waals surface area contributed by atoms with Crippen molar-refractivity contribution in [2.24, 2.45) is 0 Å². The SMILES string of the molecule is CCc1ccccc1OCCC(=O)NC(C)C(=O)O. The third-order valence-corrected chi connectivity index (χ3v) is 2.69. The van der Waals surface area contributed by atoms with Gasteiger partial charge in [0.15, 0.2) is 0 Å². The van der Waals surface area contributed by atoms with Crippen LogP contribution in [0.4, 0.5) is 0 Å². The molecule has 0 aliphatic heterocycles. The summed E-state index contributed by atoms with van der Waals surface area (Å²) < 4.78 is 5.53. The van der Waals surface area contributed by atoms with Crippen molar-refractivity contribution in [3.8, 4) is 5.75 Å². The van der Waals surface area contributed by atoms with Crippen LogP contribution in [0.5, 0.6) is 5.75 Å². The number of rotatable bonds is 7. The Bertz CT molecular complexity index is 445. The quantitative estimate of drug-likeness (QED) is 0.785. The first-order valence-corrected chi connectivity index (χ1v) is 6.27. The molecule has 1 aromatic rings. The van der Waals surface area contributed by atoms with Crippen molar-refractivity contribution >= 4 is 11.9 Å². The maximum atomic E-state index is 11.4. The van der Waals surface area contributed by atoms with Gasteiger partial charge in [0.2, 0.25) is 5.91 Å². The van der Waals surface area contributed by atoms with Gasteiger partial charge in [-0.1, -0.05) is 25.1 Å². The van der Waals surface area contributed by atoms with Gasteiger partial charge < -0.3 is 15.2 Å². The summed E-state index contributed by atoms with van der Waals surface area (Å²) in [5.41, 5.74) is 1.09. The second-order valence-corrected chi connectivity index (χ2v) is 4.19. The number of hydrogen-bond acceptors (Lipinski definition) is 3. The minimum absolute atomic E-state index is 0.135. The number of ether oxygens (including phenoxy) is 1. The smallest absolute Gasteiger partial charge is 0.325 e. The van der Waals surface area contributed by atoms with Crippen molar-refractivity contribution in [2.75, 3.05) is 6.61 Å². The molecule has 2 N–H and O–H groups in total. The Hall–Kier alpha value is -2.04. The van der Waals surface area contributed by atoms with Crippen LogP contribution in [0.15, 0.2) is 24.3 Å². The second kappa shape index (κ2) is 7.41. The number of nitrogens with one attached hydrogen (secondary N) is 1. The molecule has 0 bridgehead atoms. The molecule has 0 aliphatic rings. The largest absolute Gasteiger partial charge is 0.493 e. The number of amides is 1. The Labute approximate surface area is 112 Å². The third-order valence-electron chi connectivity index (χ3n) is 2.69. The molecule has 0 aliphatic carbocycles. The van der Waals surface area contributed by atoms with Crippen molar-refractivity contribution in [1.82, 2.24) is 5.32 Å². The zero-order chi connectivity index (χ0) is 14.3. The predicted octanol–water partition coefficient (Wildman–Crippen LogP) is 1.61. The van der Waals surface area contributed by atoms with E-state index in [2.05, 4.69) is 5.32 Å². The lowest BCUT2D eigenvalue weighted by Gasteiger charge is -2.11. The number of benzene rings is 1. The van der Waals surface area contributed by atoms with E-state index in [1.54, 1.807) is 0 Å². The lowest BCUT2D eigenvalue weighted by atomic mass is 10.1. The van der Waals surface area contributed by atoms with Gasteiger partial charge in [0.05, 0.1) is 13.0 Å². The maximum Gasteiger partial charge on any atom is 0.325 e. The molecular formula is C14H19NO4. The van der Waals surface area contributed by atoms with E-state index in [0.29, 0.717) is 0 Å². The molecule has 0 fully saturated rings. The summed E-state index contributed by atoms with van der Waals surface area (Å²) in [7, 11) is 0. The van der Waals surface area contributed by atoms with E-state index in [1.165, 1.54) is 6.92 Å². The van der Waals surface area contributed by atoms with E-state index in [9.17, 15) is 9.59 Å². The molecule has 1 unspecified atom stereocenters. The lowest BCUT2D eigenvalue weighted by Crippen LogP contribution is -2.38. The zero-order valence-electron chi connectivity index (χ0n) is 11.2. The Morgan fingerprint density at radius 3 is 2.68 bits per heavy atom. The monoisotopic (exact) mass is 265 g/mol. The summed E-state index contributed by atoms with van der Waals surface area (Å²) in [5.74, 6) is -0.612. The second-order valence-electron chi connectivity index (χ2n) is 4.19. The van der Waals surface area contributed by atoms with E-state index in [-0.39, 0.29) is 18.9 Å². The minimum atomic E-state index is -1.05. The van der Waals surface area contributed by atoms with E-state index >= 15 is 0 Å². The molecule has 0 radical (unpaired) electrons. The molecule has 0 saturated carbocycles. The fourth-order valence-corrected chi connectivity index (χ4v) is 1.57. The van der Waals surface area contributed by atoms with Crippen molar-refractivity contribution in [3.63, 3.8) is 0 Å². The summed E-state index contributed by atoms with van der Waals surface area (Å²) in [4.78, 5) is 22.0. The molecule has 0 saturated heterocycles. The van der Waals surface area contributed by atoms with Crippen LogP contribution in [-0.2, 0) is 16.0 Å². The van der Waals surface area contributed by atoms with Gasteiger partial charge in [-0.3, -0.25) is 9.59 Å². The molecule has 19 heavy (non-hydrogen) atoms. The summed E-state index contributed by atoms with van der Waals surface area (Å²) >= 11 is 0. The van der Waals surface area contributed by atoms with Gasteiger partial charge in [-0.05, 0) is 25.0 Å². The van der Waals surface area contributed by atoms with Crippen molar-refractivity contribution in [1.29, 1.82) is 0 Å². The summed E-state index contributed by atoms with van der Waals surface area (Å²) in [6, 6.07) is 6.77. The summed E-state index contributed by atoms with van der Waals surface area (Å²) in [5, 5.41) is 11.0. The topological polar surface area (TPSA) is 75.6 Å². The Balaban J connectivity index is 2.38. The summed E-state index contributed by atoms with van der Waals surface area (Å²) in [6.07, 6.45) is 0.994. The van der Waals surface area contributed by atoms with Crippen molar-refractivity contribution < 1.29 is 19.4 Å². The van der Waals surface area contributed by atoms with Gasteiger partial charge in [0, 0.05) is 0 Å². The zero-order valence-corrected chi connectivity index (χ0v) is 11.2. The first kappa shape index (κ1) is 15.0. The predicted molar refractivity (Wildman–Crippen MR) is 71.2 cm³/mol. The van der Waals surface area contributed by atoms with Crippen LogP contribution in [0.1, 0.15) is 25.8 Å². The van der Waals surface area contributed by atoms with Gasteiger partial charge in [0.25, 0.3) is 0 Å². The number of hydrogen-bond donors (Lipinski definition) is 2. The first-order chi connectivity index (χ1) is 9.04. The van der Waals surface area contributed by atoms with Crippen molar-refractivity contribution in [3.05, 3.63) is 29.8 Å². The third kappa shape index (κ3) is 4.99. The van der Waals surface area contributed by atoms with E-state index in [1.807, 2.05) is 31.2 Å². The van der Waals surface area contributed by atoms with Gasteiger partial charge >= 0.3 is 5.97 Å². The number of carbonyl (C=O) groups excluding carboxylic acids is 1. The van der Waals surface area contributed by atoms with Crippen LogP contribution in [0, 0.1) is 0 Å². The summed E-state index contributed by atoms with van der Waals surface area (Å²) in [6.45, 7) is 3.69. The molecule has 104 valence electrons. The van der Waals surface area contributed by atoms with Gasteiger partial charge in [0.1, 0.15) is 11.8 Å². The van der Waals surface area contributed by atoms with Crippen LogP contribution in [0.2, 0.25) is 0 Å². The number of para-hydroxylation sites is 1. The van der Waals surface area contributed by atoms with Crippen molar-refractivity contribution in [2.45, 2.75) is 32.7 Å². The highest BCUT2D eigenvalue weighted by Crippen LogP contribution is 2.18. The van der Waals surface area contributed by atoms with Crippen LogP contribution in [-0.4, -0.2) is 29.6 Å². The number of aryl methyl sites for hydroxylation is 1. The molecule has 1 amide bonds. The highest BCUT2D eigenvalue weighted by atomic mass is 16.5. The van der Waals surface area contributed by atoms with E-state index in [0.717, 1.165) is 17.7 Å². The molecule has 0 heterocycles. The molecule has 0 spiro atoms. The van der Waals surface area contributed by atoms with E-state index < -0.39 is 12.0 Å². The molecule has 1 rings (SSSR count). The van der Waals surface area contributed by atoms with Crippen LogP contribution in [0.25, 0.3) is 0 Å². The molecule has 1 aromatic carbocycles. The average molecular weight is 265 g/mol. The lowest BCUT2D eigenvalue weighted by molar-refractivity contribution is -0.141. The highest BCUT2D eigenvalue weighted by molar-refractivity contribution is 5.83.